The van der Waals surface area contributed by atoms with Crippen LogP contribution in [0.4, 0.5) is 0 Å². The quantitative estimate of drug-likeness (QED) is 0.801. The van der Waals surface area contributed by atoms with Gasteiger partial charge >= 0.3 is 0 Å². The molecule has 2 unspecified atom stereocenters. The maximum atomic E-state index is 5.80. The average Bonchev–Trinajstić information content (AvgIpc) is 2.51. The highest BCUT2D eigenvalue weighted by Gasteiger charge is 2.22. The molecule has 0 spiro atoms. The summed E-state index contributed by atoms with van der Waals surface area (Å²) in [6.07, 6.45) is 0. The zero-order chi connectivity index (χ0) is 15.2. The summed E-state index contributed by atoms with van der Waals surface area (Å²) in [5.74, 6) is 1.30. The molecule has 21 heavy (non-hydrogen) atoms. The van der Waals surface area contributed by atoms with Crippen molar-refractivity contribution in [3.8, 4) is 5.75 Å². The van der Waals surface area contributed by atoms with Crippen molar-refractivity contribution in [2.75, 3.05) is 13.7 Å². The number of halogens is 1. The van der Waals surface area contributed by atoms with Crippen LogP contribution in [0, 0.1) is 0 Å². The second-order valence-electron chi connectivity index (χ2n) is 5.08. The number of rotatable bonds is 6. The fraction of sp³-hybridized carbons (Fsp3) is 0.333. The second kappa shape index (κ2) is 7.62. The van der Waals surface area contributed by atoms with Gasteiger partial charge in [0, 0.05) is 22.0 Å². The molecule has 0 saturated carbocycles. The summed E-state index contributed by atoms with van der Waals surface area (Å²) < 4.78 is 6.87. The summed E-state index contributed by atoms with van der Waals surface area (Å²) in [5, 5.41) is 3.44. The third kappa shape index (κ3) is 3.86. The van der Waals surface area contributed by atoms with Gasteiger partial charge in [0.25, 0.3) is 0 Å². The van der Waals surface area contributed by atoms with Gasteiger partial charge in [-0.1, -0.05) is 53.2 Å². The van der Waals surface area contributed by atoms with Crippen LogP contribution < -0.4 is 10.1 Å². The molecule has 112 valence electrons. The lowest BCUT2D eigenvalue weighted by molar-refractivity contribution is 0.329. The number of hydrogen-bond acceptors (Lipinski definition) is 2. The zero-order valence-corrected chi connectivity index (χ0v) is 14.4. The van der Waals surface area contributed by atoms with E-state index in [0.29, 0.717) is 12.5 Å². The van der Waals surface area contributed by atoms with Gasteiger partial charge in [0.2, 0.25) is 0 Å². The Hall–Kier alpha value is -1.32. The van der Waals surface area contributed by atoms with Crippen molar-refractivity contribution >= 4 is 15.9 Å². The van der Waals surface area contributed by atoms with E-state index in [-0.39, 0.29) is 6.04 Å². The fourth-order valence-corrected chi connectivity index (χ4v) is 3.05. The van der Waals surface area contributed by atoms with Crippen molar-refractivity contribution in [3.63, 3.8) is 0 Å². The van der Waals surface area contributed by atoms with Gasteiger partial charge in [0.1, 0.15) is 5.75 Å². The first-order valence-corrected chi connectivity index (χ1v) is 8.11. The highest BCUT2D eigenvalue weighted by atomic mass is 79.9. The molecule has 2 aromatic carbocycles. The largest absolute Gasteiger partial charge is 0.494 e. The van der Waals surface area contributed by atoms with Crippen molar-refractivity contribution in [1.29, 1.82) is 0 Å². The smallest absolute Gasteiger partial charge is 0.124 e. The van der Waals surface area contributed by atoms with Gasteiger partial charge in [-0.25, -0.2) is 0 Å². The van der Waals surface area contributed by atoms with Crippen molar-refractivity contribution in [3.05, 3.63) is 64.1 Å². The predicted octanol–water partition coefficient (Wildman–Crippen LogP) is 4.91. The van der Waals surface area contributed by atoms with Crippen molar-refractivity contribution < 1.29 is 4.74 Å². The lowest BCUT2D eigenvalue weighted by Gasteiger charge is -2.26. The minimum atomic E-state index is 0.200. The maximum absolute atomic E-state index is 5.80. The van der Waals surface area contributed by atoms with Crippen molar-refractivity contribution in [2.45, 2.75) is 25.8 Å². The lowest BCUT2D eigenvalue weighted by Crippen LogP contribution is -2.23. The average molecular weight is 348 g/mol. The maximum Gasteiger partial charge on any atom is 0.124 e. The van der Waals surface area contributed by atoms with E-state index in [9.17, 15) is 0 Å². The molecule has 0 bridgehead atoms. The molecule has 0 aliphatic carbocycles. The number of ether oxygens (including phenoxy) is 1. The van der Waals surface area contributed by atoms with Crippen molar-refractivity contribution in [2.24, 2.45) is 0 Å². The molecule has 0 heterocycles. The molecule has 1 N–H and O–H groups in total. The summed E-state index contributed by atoms with van der Waals surface area (Å²) in [7, 11) is 2.00. The standard InChI is InChI=1S/C18H22BrNO/c1-4-21-17-11-10-15(19)12-16(17)18(20-3)13(2)14-8-6-5-7-9-14/h5-13,18,20H,4H2,1-3H3. The summed E-state index contributed by atoms with van der Waals surface area (Å²) in [6, 6.07) is 17.0. The van der Waals surface area contributed by atoms with Crippen LogP contribution in [0.1, 0.15) is 36.9 Å². The Kier molecular flexibility index (Phi) is 5.83. The first-order chi connectivity index (χ1) is 10.2. The van der Waals surface area contributed by atoms with E-state index in [1.807, 2.05) is 26.1 Å². The third-order valence-corrected chi connectivity index (χ3v) is 4.24. The highest BCUT2D eigenvalue weighted by molar-refractivity contribution is 9.10. The minimum absolute atomic E-state index is 0.200. The van der Waals surface area contributed by atoms with Crippen LogP contribution >= 0.6 is 15.9 Å². The van der Waals surface area contributed by atoms with E-state index < -0.39 is 0 Å². The number of nitrogens with one attached hydrogen (secondary N) is 1. The molecule has 0 amide bonds. The topological polar surface area (TPSA) is 21.3 Å². The van der Waals surface area contributed by atoms with Crippen LogP contribution in [0.15, 0.2) is 53.0 Å². The molecule has 0 radical (unpaired) electrons. The lowest BCUT2D eigenvalue weighted by atomic mass is 9.88. The molecular weight excluding hydrogens is 326 g/mol. The Balaban J connectivity index is 2.39. The van der Waals surface area contributed by atoms with E-state index >= 15 is 0 Å². The second-order valence-corrected chi connectivity index (χ2v) is 6.00. The Bertz CT molecular complexity index is 571. The summed E-state index contributed by atoms with van der Waals surface area (Å²) in [5.41, 5.74) is 2.50. The van der Waals surface area contributed by atoms with Gasteiger partial charge in [-0.05, 0) is 37.7 Å². The number of hydrogen-bond donors (Lipinski definition) is 1. The number of benzene rings is 2. The van der Waals surface area contributed by atoms with E-state index in [1.165, 1.54) is 11.1 Å². The molecule has 0 fully saturated rings. The van der Waals surface area contributed by atoms with Crippen LogP contribution in [-0.4, -0.2) is 13.7 Å². The molecule has 3 heteroatoms. The van der Waals surface area contributed by atoms with Gasteiger partial charge in [-0.2, -0.15) is 0 Å². The highest BCUT2D eigenvalue weighted by Crippen LogP contribution is 2.36. The first-order valence-electron chi connectivity index (χ1n) is 7.31. The molecule has 2 rings (SSSR count). The van der Waals surface area contributed by atoms with Gasteiger partial charge in [-0.15, -0.1) is 0 Å². The summed E-state index contributed by atoms with van der Waals surface area (Å²) >= 11 is 3.57. The van der Waals surface area contributed by atoms with Crippen LogP contribution in [0.5, 0.6) is 5.75 Å². The molecule has 2 aromatic rings. The fourth-order valence-electron chi connectivity index (χ4n) is 2.67. The van der Waals surface area contributed by atoms with Gasteiger partial charge < -0.3 is 10.1 Å². The molecule has 0 saturated heterocycles. The van der Waals surface area contributed by atoms with Gasteiger partial charge in [0.05, 0.1) is 6.61 Å². The SMILES string of the molecule is CCOc1ccc(Br)cc1C(NC)C(C)c1ccccc1. The molecule has 0 aromatic heterocycles. The van der Waals surface area contributed by atoms with Crippen LogP contribution in [-0.2, 0) is 0 Å². The monoisotopic (exact) mass is 347 g/mol. The Morgan fingerprint density at radius 1 is 1.14 bits per heavy atom. The van der Waals surface area contributed by atoms with E-state index in [0.717, 1.165) is 10.2 Å². The predicted molar refractivity (Wildman–Crippen MR) is 92.0 cm³/mol. The molecule has 2 nitrogen and oxygen atoms in total. The summed E-state index contributed by atoms with van der Waals surface area (Å²) in [6.45, 7) is 4.93. The molecular formula is C18H22BrNO. The van der Waals surface area contributed by atoms with Crippen LogP contribution in [0.2, 0.25) is 0 Å². The third-order valence-electron chi connectivity index (χ3n) is 3.74. The Morgan fingerprint density at radius 2 is 1.86 bits per heavy atom. The van der Waals surface area contributed by atoms with E-state index in [4.69, 9.17) is 4.74 Å². The summed E-state index contributed by atoms with van der Waals surface area (Å²) in [4.78, 5) is 0. The van der Waals surface area contributed by atoms with Gasteiger partial charge in [-0.3, -0.25) is 0 Å². The minimum Gasteiger partial charge on any atom is -0.494 e. The Labute approximate surface area is 135 Å². The molecule has 0 aliphatic heterocycles. The van der Waals surface area contributed by atoms with Crippen LogP contribution in [0.3, 0.4) is 0 Å². The molecule has 2 atom stereocenters. The zero-order valence-electron chi connectivity index (χ0n) is 12.8. The van der Waals surface area contributed by atoms with E-state index in [1.54, 1.807) is 0 Å². The molecule has 0 aliphatic rings. The van der Waals surface area contributed by atoms with E-state index in [2.05, 4.69) is 64.6 Å². The number of likely N-dealkylation sites (N-methyl/N-ethyl adjacent to an activating group) is 1. The van der Waals surface area contributed by atoms with Crippen molar-refractivity contribution in [1.82, 2.24) is 5.32 Å². The van der Waals surface area contributed by atoms with Crippen LogP contribution in [0.25, 0.3) is 0 Å². The normalized spacial score (nSPS) is 13.7. The van der Waals surface area contributed by atoms with Gasteiger partial charge in [0.15, 0.2) is 0 Å². The first kappa shape index (κ1) is 16.1. The Morgan fingerprint density at radius 3 is 2.48 bits per heavy atom.